The molecule has 1 unspecified atom stereocenters. The number of hydrogen-bond acceptors (Lipinski definition) is 1. The van der Waals surface area contributed by atoms with Gasteiger partial charge >= 0.3 is 21.7 Å². The van der Waals surface area contributed by atoms with E-state index in [4.69, 9.17) is 5.73 Å². The van der Waals surface area contributed by atoms with E-state index in [0.29, 0.717) is 5.92 Å². The summed E-state index contributed by atoms with van der Waals surface area (Å²) in [4.78, 5) is 9.87. The van der Waals surface area contributed by atoms with Crippen molar-refractivity contribution >= 4 is 15.4 Å². The fraction of sp³-hybridized carbons (Fsp3) is 0.667. The molecule has 19 heavy (non-hydrogen) atoms. The zero-order chi connectivity index (χ0) is 14.3. The molecule has 1 fully saturated rings. The van der Waals surface area contributed by atoms with E-state index >= 15 is 0 Å². The molecular formula is C15H26NOSiTi. The van der Waals surface area contributed by atoms with Gasteiger partial charge in [-0.25, -0.2) is 5.57 Å². The molecule has 0 aromatic heterocycles. The van der Waals surface area contributed by atoms with Gasteiger partial charge in [-0.15, -0.1) is 6.92 Å². The molecule has 2 aliphatic rings. The first-order chi connectivity index (χ1) is 8.34. The molecule has 0 heterocycles. The van der Waals surface area contributed by atoms with Gasteiger partial charge in [0.1, 0.15) is 0 Å². The second-order valence-electron chi connectivity index (χ2n) is 5.01. The van der Waals surface area contributed by atoms with Crippen molar-refractivity contribution in [3.63, 3.8) is 0 Å². The fourth-order valence-electron chi connectivity index (χ4n) is 1.51. The summed E-state index contributed by atoms with van der Waals surface area (Å²) in [6.07, 6.45) is 5.28. The van der Waals surface area contributed by atoms with E-state index in [1.165, 1.54) is 16.7 Å². The van der Waals surface area contributed by atoms with Gasteiger partial charge in [-0.3, -0.25) is 6.08 Å². The van der Waals surface area contributed by atoms with Crippen LogP contribution in [0.5, 0.6) is 0 Å². The first kappa shape index (κ1) is 21.2. The first-order valence-electron chi connectivity index (χ1n) is 6.62. The van der Waals surface area contributed by atoms with E-state index in [-0.39, 0.29) is 33.5 Å². The maximum Gasteiger partial charge on any atom is 2.00 e. The van der Waals surface area contributed by atoms with Crippen LogP contribution in [-0.2, 0) is 26.5 Å². The van der Waals surface area contributed by atoms with Crippen LogP contribution in [0.15, 0.2) is 16.7 Å². The van der Waals surface area contributed by atoms with E-state index in [0.717, 1.165) is 22.4 Å². The number of allylic oxidation sites excluding steroid dienone is 4. The third kappa shape index (κ3) is 8.61. The van der Waals surface area contributed by atoms with Crippen LogP contribution in [-0.4, -0.2) is 15.4 Å². The minimum atomic E-state index is -0.380. The Kier molecular flexibility index (Phi) is 11.9. The van der Waals surface area contributed by atoms with Gasteiger partial charge in [0.25, 0.3) is 0 Å². The Morgan fingerprint density at radius 2 is 1.68 bits per heavy atom. The molecule has 1 radical (unpaired) electrons. The molecule has 0 aromatic carbocycles. The van der Waals surface area contributed by atoms with Crippen molar-refractivity contribution in [1.29, 1.82) is 0 Å². The minimum Gasteiger partial charge on any atom is -0.668 e. The van der Waals surface area contributed by atoms with Gasteiger partial charge in [0.15, 0.2) is 0 Å². The Hall–Kier alpha value is -0.119. The van der Waals surface area contributed by atoms with Gasteiger partial charge in [-0.05, 0) is 12.8 Å². The third-order valence-corrected chi connectivity index (χ3v) is 3.18. The topological polar surface area (TPSA) is 40.9 Å². The van der Waals surface area contributed by atoms with Crippen LogP contribution in [0.25, 0.3) is 5.73 Å². The van der Waals surface area contributed by atoms with Crippen molar-refractivity contribution in [3.8, 4) is 0 Å². The standard InChI is InChI=1S/C9H13.C4H7NO.C2H7Si.Ti/c1-6-5-7(2)9(4)8(6)3;5-4(6)3-1-2-3;1-3-2;/h6H,1-4H3;3H,1-2H2,(H2,5,6);3H,1-2H3;/q-1;;;+2/p-1. The number of carbonyl (C=O) groups excluding carboxylic acids is 1. The molecule has 1 amide bonds. The number of rotatable bonds is 1. The van der Waals surface area contributed by atoms with Crippen LogP contribution in [0.2, 0.25) is 13.1 Å². The second-order valence-corrected chi connectivity index (χ2v) is 6.17. The molecule has 2 nitrogen and oxygen atoms in total. The van der Waals surface area contributed by atoms with Crippen LogP contribution >= 0.6 is 0 Å². The Morgan fingerprint density at radius 1 is 1.26 bits per heavy atom. The summed E-state index contributed by atoms with van der Waals surface area (Å²) < 4.78 is 0. The monoisotopic (exact) mass is 312 g/mol. The minimum absolute atomic E-state index is 0. The largest absolute Gasteiger partial charge is 2.00 e. The van der Waals surface area contributed by atoms with Crippen LogP contribution in [0.1, 0.15) is 40.5 Å². The van der Waals surface area contributed by atoms with Gasteiger partial charge < -0.3 is 10.5 Å². The van der Waals surface area contributed by atoms with Gasteiger partial charge in [-0.1, -0.05) is 39.8 Å². The summed E-state index contributed by atoms with van der Waals surface area (Å²) >= 11 is 0. The molecule has 1 atom stereocenters. The molecule has 2 rings (SSSR count). The molecule has 105 valence electrons. The molecular weight excluding hydrogens is 286 g/mol. The number of nitrogens with one attached hydrogen (secondary N) is 1. The average Bonchev–Trinajstić information content (AvgIpc) is 3.09. The van der Waals surface area contributed by atoms with E-state index < -0.39 is 0 Å². The first-order valence-corrected chi connectivity index (χ1v) is 8.93. The Labute approximate surface area is 136 Å². The van der Waals surface area contributed by atoms with Gasteiger partial charge in [0, 0.05) is 15.4 Å². The summed E-state index contributed by atoms with van der Waals surface area (Å²) in [6, 6.07) is 0. The second kappa shape index (κ2) is 10.6. The average molecular weight is 312 g/mol. The van der Waals surface area contributed by atoms with Crippen molar-refractivity contribution in [2.24, 2.45) is 11.8 Å². The smallest absolute Gasteiger partial charge is 0.668 e. The zero-order valence-electron chi connectivity index (χ0n) is 13.1. The van der Waals surface area contributed by atoms with E-state index in [1.54, 1.807) is 0 Å². The van der Waals surface area contributed by atoms with Gasteiger partial charge in [0.2, 0.25) is 0 Å². The Bertz CT molecular complexity index is 346. The van der Waals surface area contributed by atoms with Crippen molar-refractivity contribution in [2.75, 3.05) is 0 Å². The summed E-state index contributed by atoms with van der Waals surface area (Å²) in [5, 5.41) is 0. The van der Waals surface area contributed by atoms with Gasteiger partial charge in [0.05, 0.1) is 5.91 Å². The van der Waals surface area contributed by atoms with Crippen LogP contribution in [0, 0.1) is 17.9 Å². The normalized spacial score (nSPS) is 20.3. The predicted octanol–water partition coefficient (Wildman–Crippen LogP) is 4.21. The molecule has 1 N–H and O–H groups in total. The van der Waals surface area contributed by atoms with Gasteiger partial charge in [-0.2, -0.15) is 11.1 Å². The molecule has 2 aliphatic carbocycles. The maximum absolute atomic E-state index is 9.87. The predicted molar refractivity (Wildman–Crippen MR) is 80.9 cm³/mol. The zero-order valence-corrected chi connectivity index (χ0v) is 15.8. The van der Waals surface area contributed by atoms with Crippen molar-refractivity contribution < 1.29 is 26.5 Å². The fourth-order valence-corrected chi connectivity index (χ4v) is 1.51. The number of hydrogen-bond donors (Lipinski definition) is 0. The Morgan fingerprint density at radius 3 is 1.74 bits per heavy atom. The quantitative estimate of drug-likeness (QED) is 0.528. The summed E-state index contributed by atoms with van der Waals surface area (Å²) in [5.74, 6) is 0.310. The van der Waals surface area contributed by atoms with E-state index in [2.05, 4.69) is 46.9 Å². The maximum atomic E-state index is 9.87. The summed E-state index contributed by atoms with van der Waals surface area (Å²) in [5.41, 5.74) is 10.7. The number of amides is 1. The molecule has 1 saturated carbocycles. The molecule has 0 aromatic rings. The molecule has 0 spiro atoms. The Balaban J connectivity index is 0. The molecule has 0 aliphatic heterocycles. The van der Waals surface area contributed by atoms with Crippen molar-refractivity contribution in [2.45, 2.75) is 53.6 Å². The summed E-state index contributed by atoms with van der Waals surface area (Å²) in [6.45, 7) is 13.1. The SMILES string of the molecule is CC1=[C-]C(C)C(C)=C1C.C[SiH]C.[NH-]C(=O)C1CC1.[Ti+2]. The van der Waals surface area contributed by atoms with Crippen molar-refractivity contribution in [3.05, 3.63) is 28.5 Å². The summed E-state index contributed by atoms with van der Waals surface area (Å²) in [7, 11) is 0.750. The van der Waals surface area contributed by atoms with Crippen LogP contribution in [0.3, 0.4) is 0 Å². The number of carbonyl (C=O) groups is 1. The van der Waals surface area contributed by atoms with Crippen molar-refractivity contribution in [1.82, 2.24) is 0 Å². The van der Waals surface area contributed by atoms with Crippen LogP contribution in [0.4, 0.5) is 0 Å². The van der Waals surface area contributed by atoms with Crippen LogP contribution < -0.4 is 0 Å². The third-order valence-electron chi connectivity index (χ3n) is 3.18. The molecule has 4 heteroatoms. The molecule has 0 saturated heterocycles. The molecule has 0 bridgehead atoms. The van der Waals surface area contributed by atoms with E-state index in [9.17, 15) is 4.79 Å². The van der Waals surface area contributed by atoms with E-state index in [1.807, 2.05) is 0 Å².